The van der Waals surface area contributed by atoms with E-state index in [0.717, 1.165) is 37.9 Å². The van der Waals surface area contributed by atoms with Crippen LogP contribution in [0.1, 0.15) is 29.5 Å². The highest BCUT2D eigenvalue weighted by molar-refractivity contribution is 5.70. The normalized spacial score (nSPS) is 17.9. The molecule has 27 heavy (non-hydrogen) atoms. The van der Waals surface area contributed by atoms with Gasteiger partial charge in [-0.15, -0.1) is 0 Å². The van der Waals surface area contributed by atoms with Gasteiger partial charge >= 0.3 is 5.97 Å². The smallest absolute Gasteiger partial charge is 0.307 e. The fourth-order valence-electron chi connectivity index (χ4n) is 3.51. The zero-order valence-electron chi connectivity index (χ0n) is 15.6. The zero-order chi connectivity index (χ0) is 18.9. The molecule has 4 nitrogen and oxygen atoms in total. The molecule has 1 N–H and O–H groups in total. The van der Waals surface area contributed by atoms with E-state index in [1.165, 1.54) is 11.1 Å². The molecule has 1 saturated heterocycles. The number of hydrogen-bond donors (Lipinski definition) is 1. The number of nitrogens with zero attached hydrogens (tertiary/aromatic N) is 1. The predicted octanol–water partition coefficient (Wildman–Crippen LogP) is 4.06. The lowest BCUT2D eigenvalue weighted by atomic mass is 9.98. The Morgan fingerprint density at radius 3 is 2.74 bits per heavy atom. The standard InChI is InChI=1S/C23H27NO3/c25-23(26)22-11-6-13-24(18-22)14-16-27-15-12-20-9-4-5-10-21(20)17-19-7-2-1-3-8-19/h1-5,7-10,12,15,22H,6,11,13-14,16-18H2,(H,25,26)/b15-12-. The third kappa shape index (κ3) is 5.97. The van der Waals surface area contributed by atoms with Crippen LogP contribution in [0, 0.1) is 5.92 Å². The summed E-state index contributed by atoms with van der Waals surface area (Å²) in [6, 6.07) is 18.8. The molecule has 0 aromatic heterocycles. The van der Waals surface area contributed by atoms with Gasteiger partial charge in [0.05, 0.1) is 18.8 Å². The summed E-state index contributed by atoms with van der Waals surface area (Å²) in [4.78, 5) is 13.3. The maximum Gasteiger partial charge on any atom is 0.307 e. The van der Waals surface area contributed by atoms with Crippen molar-refractivity contribution in [1.29, 1.82) is 0 Å². The Bertz CT molecular complexity index is 757. The molecule has 0 bridgehead atoms. The summed E-state index contributed by atoms with van der Waals surface area (Å²) in [7, 11) is 0. The number of ether oxygens (including phenoxy) is 1. The van der Waals surface area contributed by atoms with Crippen LogP contribution in [0.25, 0.3) is 6.08 Å². The number of hydrogen-bond acceptors (Lipinski definition) is 3. The summed E-state index contributed by atoms with van der Waals surface area (Å²) in [5, 5.41) is 9.15. The summed E-state index contributed by atoms with van der Waals surface area (Å²) in [5.41, 5.74) is 3.71. The van der Waals surface area contributed by atoms with Crippen LogP contribution in [0.2, 0.25) is 0 Å². The summed E-state index contributed by atoms with van der Waals surface area (Å²) in [6.45, 7) is 2.92. The summed E-state index contributed by atoms with van der Waals surface area (Å²) >= 11 is 0. The first-order chi connectivity index (χ1) is 13.2. The highest BCUT2D eigenvalue weighted by Gasteiger charge is 2.24. The first-order valence-corrected chi connectivity index (χ1v) is 9.57. The first-order valence-electron chi connectivity index (χ1n) is 9.57. The van der Waals surface area contributed by atoms with E-state index >= 15 is 0 Å². The number of likely N-dealkylation sites (tertiary alicyclic amines) is 1. The quantitative estimate of drug-likeness (QED) is 0.566. The van der Waals surface area contributed by atoms with Crippen molar-refractivity contribution >= 4 is 12.0 Å². The minimum absolute atomic E-state index is 0.237. The molecule has 2 aromatic carbocycles. The predicted molar refractivity (Wildman–Crippen MR) is 107 cm³/mol. The van der Waals surface area contributed by atoms with Crippen molar-refractivity contribution in [2.75, 3.05) is 26.2 Å². The van der Waals surface area contributed by atoms with E-state index in [1.54, 1.807) is 6.26 Å². The second kappa shape index (κ2) is 9.93. The van der Waals surface area contributed by atoms with Crippen molar-refractivity contribution < 1.29 is 14.6 Å². The van der Waals surface area contributed by atoms with Crippen LogP contribution in [-0.4, -0.2) is 42.2 Å². The van der Waals surface area contributed by atoms with Crippen LogP contribution in [-0.2, 0) is 16.0 Å². The number of piperidine rings is 1. The van der Waals surface area contributed by atoms with Crippen LogP contribution in [0.3, 0.4) is 0 Å². The molecule has 0 saturated carbocycles. The lowest BCUT2D eigenvalue weighted by Crippen LogP contribution is -2.40. The largest absolute Gasteiger partial charge is 0.500 e. The second-order valence-corrected chi connectivity index (χ2v) is 7.01. The van der Waals surface area contributed by atoms with Crippen molar-refractivity contribution in [2.24, 2.45) is 5.92 Å². The SMILES string of the molecule is O=C(O)C1CCCN(CCO/C=C\c2ccccc2Cc2ccccc2)C1. The maximum atomic E-state index is 11.1. The van der Waals surface area contributed by atoms with Gasteiger partial charge in [0, 0.05) is 13.1 Å². The number of carboxylic acids is 1. The molecule has 1 aliphatic heterocycles. The lowest BCUT2D eigenvalue weighted by Gasteiger charge is -2.30. The van der Waals surface area contributed by atoms with Crippen molar-refractivity contribution in [3.05, 3.63) is 77.5 Å². The van der Waals surface area contributed by atoms with E-state index in [1.807, 2.05) is 18.2 Å². The van der Waals surface area contributed by atoms with Crippen LogP contribution >= 0.6 is 0 Å². The summed E-state index contributed by atoms with van der Waals surface area (Å²) in [6.07, 6.45) is 6.38. The number of aliphatic carboxylic acids is 1. The fraction of sp³-hybridized carbons (Fsp3) is 0.348. The molecule has 1 unspecified atom stereocenters. The minimum Gasteiger partial charge on any atom is -0.500 e. The lowest BCUT2D eigenvalue weighted by molar-refractivity contribution is -0.143. The summed E-state index contributed by atoms with van der Waals surface area (Å²) in [5.74, 6) is -0.922. The average molecular weight is 365 g/mol. The van der Waals surface area contributed by atoms with E-state index in [4.69, 9.17) is 9.84 Å². The average Bonchev–Trinajstić information content (AvgIpc) is 2.70. The molecule has 0 aliphatic carbocycles. The van der Waals surface area contributed by atoms with Gasteiger partial charge in [0.25, 0.3) is 0 Å². The molecule has 142 valence electrons. The zero-order valence-corrected chi connectivity index (χ0v) is 15.6. The van der Waals surface area contributed by atoms with E-state index in [9.17, 15) is 4.79 Å². The molecule has 2 aromatic rings. The highest BCUT2D eigenvalue weighted by atomic mass is 16.5. The van der Waals surface area contributed by atoms with E-state index in [2.05, 4.69) is 47.4 Å². The third-order valence-corrected chi connectivity index (χ3v) is 5.02. The number of carboxylic acid groups (broad SMARTS) is 1. The third-order valence-electron chi connectivity index (χ3n) is 5.02. The van der Waals surface area contributed by atoms with Crippen LogP contribution in [0.15, 0.2) is 60.9 Å². The van der Waals surface area contributed by atoms with Crippen LogP contribution in [0.5, 0.6) is 0 Å². The van der Waals surface area contributed by atoms with Gasteiger partial charge in [-0.2, -0.15) is 0 Å². The number of carbonyl (C=O) groups is 1. The highest BCUT2D eigenvalue weighted by Crippen LogP contribution is 2.17. The van der Waals surface area contributed by atoms with Gasteiger partial charge < -0.3 is 9.84 Å². The van der Waals surface area contributed by atoms with E-state index in [-0.39, 0.29) is 5.92 Å². The van der Waals surface area contributed by atoms with Gasteiger partial charge in [0.1, 0.15) is 0 Å². The van der Waals surface area contributed by atoms with Gasteiger partial charge in [-0.05, 0) is 48.6 Å². The van der Waals surface area contributed by atoms with Gasteiger partial charge in [0.15, 0.2) is 0 Å². The van der Waals surface area contributed by atoms with Crippen molar-refractivity contribution in [2.45, 2.75) is 19.3 Å². The van der Waals surface area contributed by atoms with Crippen molar-refractivity contribution in [3.63, 3.8) is 0 Å². The molecule has 1 fully saturated rings. The fourth-order valence-corrected chi connectivity index (χ4v) is 3.51. The molecule has 1 aliphatic rings. The Kier molecular flexibility index (Phi) is 7.05. The first kappa shape index (κ1) is 19.2. The Morgan fingerprint density at radius 1 is 1.15 bits per heavy atom. The van der Waals surface area contributed by atoms with E-state index < -0.39 is 5.97 Å². The monoisotopic (exact) mass is 365 g/mol. The van der Waals surface area contributed by atoms with Crippen molar-refractivity contribution in [3.8, 4) is 0 Å². The molecular weight excluding hydrogens is 338 g/mol. The molecule has 1 heterocycles. The summed E-state index contributed by atoms with van der Waals surface area (Å²) < 4.78 is 5.67. The Morgan fingerprint density at radius 2 is 1.93 bits per heavy atom. The van der Waals surface area contributed by atoms with Crippen molar-refractivity contribution in [1.82, 2.24) is 4.90 Å². The molecule has 1 atom stereocenters. The van der Waals surface area contributed by atoms with Gasteiger partial charge in [-0.1, -0.05) is 54.6 Å². The van der Waals surface area contributed by atoms with Crippen LogP contribution in [0.4, 0.5) is 0 Å². The molecule has 4 heteroatoms. The Labute approximate surface area is 161 Å². The van der Waals surface area contributed by atoms with Gasteiger partial charge in [-0.3, -0.25) is 9.69 Å². The minimum atomic E-state index is -0.685. The number of benzene rings is 2. The van der Waals surface area contributed by atoms with Gasteiger partial charge in [-0.25, -0.2) is 0 Å². The van der Waals surface area contributed by atoms with E-state index in [0.29, 0.717) is 13.2 Å². The molecule has 0 spiro atoms. The van der Waals surface area contributed by atoms with Crippen LogP contribution < -0.4 is 0 Å². The van der Waals surface area contributed by atoms with Gasteiger partial charge in [0.2, 0.25) is 0 Å². The molecule has 3 rings (SSSR count). The maximum absolute atomic E-state index is 11.1. The second-order valence-electron chi connectivity index (χ2n) is 7.01. The number of rotatable bonds is 8. The molecule has 0 radical (unpaired) electrons. The Hall–Kier alpha value is -2.59. The topological polar surface area (TPSA) is 49.8 Å². The molecule has 0 amide bonds. The Balaban J connectivity index is 1.48. The molecular formula is C23H27NO3.